The Morgan fingerprint density at radius 1 is 0.758 bits per heavy atom. The summed E-state index contributed by atoms with van der Waals surface area (Å²) in [6.07, 6.45) is -4.90. The summed E-state index contributed by atoms with van der Waals surface area (Å²) in [6.45, 7) is 3.07. The van der Waals surface area contributed by atoms with Crippen molar-refractivity contribution in [2.24, 2.45) is 11.8 Å². The van der Waals surface area contributed by atoms with Crippen LogP contribution in [0, 0.1) is 11.8 Å². The minimum Gasteiger partial charge on any atom is -0.481 e. The molecule has 0 fully saturated rings. The van der Waals surface area contributed by atoms with Crippen LogP contribution in [0.25, 0.3) is 0 Å². The first-order valence-electron chi connectivity index (χ1n) is 9.06. The molecule has 198 valence electrons. The summed E-state index contributed by atoms with van der Waals surface area (Å²) in [5.41, 5.74) is 0. The molecular formula is C17H22F12O4. The van der Waals surface area contributed by atoms with Gasteiger partial charge in [0.05, 0.1) is 11.8 Å². The second-order valence-electron chi connectivity index (χ2n) is 6.92. The van der Waals surface area contributed by atoms with E-state index >= 15 is 0 Å². The molecule has 2 atom stereocenters. The second kappa shape index (κ2) is 11.5. The SMILES string of the molecule is CCC(C)C(=O)O.CCC(C)C(=O)OCC(F)(F)C(F)(F)C(F)(F)C(F)(F)C(F)(F)C(F)F. The number of carbonyl (C=O) groups is 2. The van der Waals surface area contributed by atoms with Crippen molar-refractivity contribution in [1.82, 2.24) is 0 Å². The maximum absolute atomic E-state index is 13.3. The van der Waals surface area contributed by atoms with Crippen LogP contribution < -0.4 is 0 Å². The van der Waals surface area contributed by atoms with Crippen LogP contribution in [0.5, 0.6) is 0 Å². The Hall–Kier alpha value is -1.90. The summed E-state index contributed by atoms with van der Waals surface area (Å²) in [5, 5.41) is 8.18. The highest BCUT2D eigenvalue weighted by Gasteiger charge is 2.87. The third kappa shape index (κ3) is 7.04. The lowest BCUT2D eigenvalue weighted by Gasteiger charge is -2.38. The minimum absolute atomic E-state index is 0.0599. The smallest absolute Gasteiger partial charge is 0.384 e. The lowest BCUT2D eigenvalue weighted by atomic mass is 9.94. The average molecular weight is 518 g/mol. The lowest BCUT2D eigenvalue weighted by molar-refractivity contribution is -0.414. The molecule has 0 rings (SSSR count). The molecule has 0 aromatic heterocycles. The molecule has 4 nitrogen and oxygen atoms in total. The first-order valence-corrected chi connectivity index (χ1v) is 9.06. The van der Waals surface area contributed by atoms with Gasteiger partial charge < -0.3 is 9.84 Å². The molecule has 0 aliphatic carbocycles. The van der Waals surface area contributed by atoms with Crippen LogP contribution in [0.15, 0.2) is 0 Å². The van der Waals surface area contributed by atoms with Crippen molar-refractivity contribution < 1.29 is 72.1 Å². The highest BCUT2D eigenvalue weighted by Crippen LogP contribution is 2.58. The first-order chi connectivity index (χ1) is 14.5. The number of carboxylic acids is 1. The zero-order chi connectivity index (χ0) is 27.2. The van der Waals surface area contributed by atoms with Crippen LogP contribution in [0.1, 0.15) is 40.5 Å². The molecule has 0 radical (unpaired) electrons. The minimum atomic E-state index is -7.62. The van der Waals surface area contributed by atoms with Crippen molar-refractivity contribution >= 4 is 11.9 Å². The van der Waals surface area contributed by atoms with Gasteiger partial charge in [-0.3, -0.25) is 9.59 Å². The number of alkyl halides is 12. The number of hydrogen-bond donors (Lipinski definition) is 1. The Kier molecular flexibility index (Phi) is 11.6. The van der Waals surface area contributed by atoms with E-state index in [2.05, 4.69) is 4.74 Å². The van der Waals surface area contributed by atoms with Gasteiger partial charge >= 0.3 is 48.0 Å². The Balaban J connectivity index is 0. The summed E-state index contributed by atoms with van der Waals surface area (Å²) in [6, 6.07) is 0. The van der Waals surface area contributed by atoms with E-state index in [0.29, 0.717) is 0 Å². The van der Waals surface area contributed by atoms with E-state index in [1.165, 1.54) is 6.92 Å². The summed E-state index contributed by atoms with van der Waals surface area (Å²) in [7, 11) is 0. The molecular weight excluding hydrogens is 496 g/mol. The van der Waals surface area contributed by atoms with Gasteiger partial charge in [0.2, 0.25) is 0 Å². The van der Waals surface area contributed by atoms with Crippen molar-refractivity contribution in [1.29, 1.82) is 0 Å². The molecule has 0 aliphatic rings. The van der Waals surface area contributed by atoms with Crippen LogP contribution in [0.4, 0.5) is 52.7 Å². The van der Waals surface area contributed by atoms with Gasteiger partial charge in [-0.05, 0) is 12.8 Å². The predicted molar refractivity (Wildman–Crippen MR) is 88.2 cm³/mol. The lowest BCUT2D eigenvalue weighted by Crippen LogP contribution is -2.69. The summed E-state index contributed by atoms with van der Waals surface area (Å²) < 4.78 is 158. The zero-order valence-electron chi connectivity index (χ0n) is 17.6. The molecule has 0 aliphatic heterocycles. The summed E-state index contributed by atoms with van der Waals surface area (Å²) in [5.74, 6) is -39.4. The molecule has 2 unspecified atom stereocenters. The van der Waals surface area contributed by atoms with E-state index in [4.69, 9.17) is 5.11 Å². The average Bonchev–Trinajstić information content (AvgIpc) is 2.70. The van der Waals surface area contributed by atoms with E-state index < -0.39 is 60.5 Å². The molecule has 0 amide bonds. The number of rotatable bonds is 11. The quantitative estimate of drug-likeness (QED) is 0.264. The van der Waals surface area contributed by atoms with Crippen LogP contribution in [0.2, 0.25) is 0 Å². The third-order valence-corrected chi connectivity index (χ3v) is 4.39. The van der Waals surface area contributed by atoms with Gasteiger partial charge in [0.15, 0.2) is 6.61 Å². The van der Waals surface area contributed by atoms with Crippen LogP contribution in [-0.4, -0.2) is 59.7 Å². The van der Waals surface area contributed by atoms with Crippen molar-refractivity contribution in [2.45, 2.75) is 76.6 Å². The number of esters is 1. The molecule has 0 heterocycles. The van der Waals surface area contributed by atoms with E-state index in [9.17, 15) is 62.3 Å². The fourth-order valence-corrected chi connectivity index (χ4v) is 1.51. The number of ether oxygens (including phenoxy) is 1. The van der Waals surface area contributed by atoms with Gasteiger partial charge in [-0.25, -0.2) is 8.78 Å². The van der Waals surface area contributed by atoms with Crippen LogP contribution >= 0.6 is 0 Å². The Bertz CT molecular complexity index is 652. The summed E-state index contributed by atoms with van der Waals surface area (Å²) in [4.78, 5) is 21.0. The second-order valence-corrected chi connectivity index (χ2v) is 6.92. The normalized spacial score (nSPS) is 15.4. The van der Waals surface area contributed by atoms with Gasteiger partial charge in [-0.15, -0.1) is 0 Å². The standard InChI is InChI=1S/C12H12F12O2.C5H10O2/c1-3-5(2)6(25)26-4-8(15,16)10(19,20)12(23,24)11(21,22)9(17,18)7(13)14;1-3-4(2)5(6)7/h5,7H,3-4H2,1-2H3;4H,3H2,1-2H3,(H,6,7). The maximum atomic E-state index is 13.3. The Morgan fingerprint density at radius 2 is 1.15 bits per heavy atom. The van der Waals surface area contributed by atoms with E-state index in [1.807, 2.05) is 6.92 Å². The Morgan fingerprint density at radius 3 is 1.42 bits per heavy atom. The highest BCUT2D eigenvalue weighted by molar-refractivity contribution is 5.71. The number of carbonyl (C=O) groups excluding carboxylic acids is 1. The van der Waals surface area contributed by atoms with Crippen LogP contribution in [-0.2, 0) is 14.3 Å². The molecule has 16 heteroatoms. The molecule has 0 spiro atoms. The van der Waals surface area contributed by atoms with Gasteiger partial charge in [-0.2, -0.15) is 43.9 Å². The highest BCUT2D eigenvalue weighted by atomic mass is 19.4. The molecule has 0 aromatic carbocycles. The zero-order valence-corrected chi connectivity index (χ0v) is 17.6. The molecule has 1 N–H and O–H groups in total. The van der Waals surface area contributed by atoms with Crippen molar-refractivity contribution in [3.05, 3.63) is 0 Å². The number of aliphatic carboxylic acids is 1. The molecule has 0 aromatic rings. The number of carboxylic acid groups (broad SMARTS) is 1. The van der Waals surface area contributed by atoms with Gasteiger partial charge in [0.1, 0.15) is 0 Å². The number of halogens is 12. The molecule has 0 saturated carbocycles. The summed E-state index contributed by atoms with van der Waals surface area (Å²) >= 11 is 0. The van der Waals surface area contributed by atoms with Crippen molar-refractivity contribution in [3.8, 4) is 0 Å². The molecule has 33 heavy (non-hydrogen) atoms. The number of hydrogen-bond acceptors (Lipinski definition) is 3. The maximum Gasteiger partial charge on any atom is 0.384 e. The van der Waals surface area contributed by atoms with E-state index in [0.717, 1.165) is 13.3 Å². The first kappa shape index (κ1) is 33.3. The van der Waals surface area contributed by atoms with Gasteiger partial charge in [0.25, 0.3) is 0 Å². The van der Waals surface area contributed by atoms with Crippen molar-refractivity contribution in [3.63, 3.8) is 0 Å². The molecule has 0 saturated heterocycles. The predicted octanol–water partition coefficient (Wildman–Crippen LogP) is 6.13. The monoisotopic (exact) mass is 518 g/mol. The van der Waals surface area contributed by atoms with Crippen LogP contribution in [0.3, 0.4) is 0 Å². The molecule has 0 bridgehead atoms. The van der Waals surface area contributed by atoms with E-state index in [1.54, 1.807) is 6.92 Å². The fourth-order valence-electron chi connectivity index (χ4n) is 1.51. The third-order valence-electron chi connectivity index (χ3n) is 4.39. The fraction of sp³-hybridized carbons (Fsp3) is 0.882. The van der Waals surface area contributed by atoms with Gasteiger partial charge in [0, 0.05) is 0 Å². The van der Waals surface area contributed by atoms with E-state index in [-0.39, 0.29) is 12.3 Å². The largest absolute Gasteiger partial charge is 0.481 e. The van der Waals surface area contributed by atoms with Crippen molar-refractivity contribution in [2.75, 3.05) is 6.61 Å². The Labute approximate surface area is 180 Å². The topological polar surface area (TPSA) is 63.6 Å². The van der Waals surface area contributed by atoms with Gasteiger partial charge in [-0.1, -0.05) is 27.7 Å².